The van der Waals surface area contributed by atoms with Crippen molar-refractivity contribution in [2.24, 2.45) is 0 Å². The Morgan fingerprint density at radius 2 is 2.06 bits per heavy atom. The summed E-state index contributed by atoms with van der Waals surface area (Å²) in [6.45, 7) is 6.40. The molecule has 1 rings (SSSR count). The number of hydrogen-bond acceptors (Lipinski definition) is 4. The maximum absolute atomic E-state index is 8.90. The lowest BCUT2D eigenvalue weighted by atomic mass is 10.3. The molecule has 0 unspecified atom stereocenters. The van der Waals surface area contributed by atoms with E-state index in [-0.39, 0.29) is 6.61 Å². The van der Waals surface area contributed by atoms with Crippen LogP contribution in [0.5, 0.6) is 0 Å². The molecular formula is C12H19Cl2N3O. The first kappa shape index (κ1) is 15.3. The summed E-state index contributed by atoms with van der Waals surface area (Å²) < 4.78 is 0. The summed E-state index contributed by atoms with van der Waals surface area (Å²) in [5.41, 5.74) is 0. The predicted octanol–water partition coefficient (Wildman–Crippen LogP) is 3.03. The summed E-state index contributed by atoms with van der Waals surface area (Å²) in [6, 6.07) is 1.70. The molecule has 1 heterocycles. The molecule has 6 heteroatoms. The highest BCUT2D eigenvalue weighted by Crippen LogP contribution is 2.31. The molecule has 0 fully saturated rings. The van der Waals surface area contributed by atoms with Gasteiger partial charge in [-0.3, -0.25) is 0 Å². The van der Waals surface area contributed by atoms with Crippen LogP contribution in [0.15, 0.2) is 6.07 Å². The lowest BCUT2D eigenvalue weighted by Gasteiger charge is -2.23. The van der Waals surface area contributed by atoms with E-state index in [1.807, 2.05) is 18.7 Å². The van der Waals surface area contributed by atoms with E-state index in [2.05, 4.69) is 10.3 Å². The molecule has 0 aliphatic carbocycles. The van der Waals surface area contributed by atoms with Crippen LogP contribution in [0.3, 0.4) is 0 Å². The Labute approximate surface area is 118 Å². The average molecular weight is 292 g/mol. The third-order valence-corrected chi connectivity index (χ3v) is 3.09. The predicted molar refractivity (Wildman–Crippen MR) is 78.0 cm³/mol. The van der Waals surface area contributed by atoms with Gasteiger partial charge in [0.05, 0.1) is 10.0 Å². The maximum atomic E-state index is 8.90. The minimum Gasteiger partial charge on any atom is -0.396 e. The molecule has 0 amide bonds. The summed E-state index contributed by atoms with van der Waals surface area (Å²) >= 11 is 12.2. The van der Waals surface area contributed by atoms with Gasteiger partial charge in [-0.15, -0.1) is 0 Å². The fourth-order valence-electron chi connectivity index (χ4n) is 1.65. The zero-order valence-corrected chi connectivity index (χ0v) is 12.2. The van der Waals surface area contributed by atoms with E-state index in [9.17, 15) is 0 Å². The van der Waals surface area contributed by atoms with Gasteiger partial charge in [0.15, 0.2) is 0 Å². The average Bonchev–Trinajstić information content (AvgIpc) is 2.35. The van der Waals surface area contributed by atoms with Crippen molar-refractivity contribution in [1.29, 1.82) is 0 Å². The van der Waals surface area contributed by atoms with E-state index in [1.165, 1.54) is 0 Å². The Kier molecular flexibility index (Phi) is 6.54. The van der Waals surface area contributed by atoms with E-state index in [1.54, 1.807) is 6.07 Å². The van der Waals surface area contributed by atoms with Crippen molar-refractivity contribution in [2.45, 2.75) is 20.3 Å². The van der Waals surface area contributed by atoms with Gasteiger partial charge in [-0.05, 0) is 26.3 Å². The normalized spacial score (nSPS) is 10.5. The maximum Gasteiger partial charge on any atom is 0.149 e. The van der Waals surface area contributed by atoms with Crippen molar-refractivity contribution in [3.8, 4) is 0 Å². The molecule has 0 bridgehead atoms. The van der Waals surface area contributed by atoms with E-state index >= 15 is 0 Å². The van der Waals surface area contributed by atoms with Crippen LogP contribution in [0.1, 0.15) is 20.3 Å². The second kappa shape index (κ2) is 7.67. The molecule has 0 saturated heterocycles. The summed E-state index contributed by atoms with van der Waals surface area (Å²) in [5, 5.41) is 13.0. The molecule has 1 aromatic rings. The number of anilines is 2. The molecule has 0 saturated carbocycles. The minimum atomic E-state index is 0.155. The van der Waals surface area contributed by atoms with Crippen LogP contribution in [0.2, 0.25) is 10.0 Å². The van der Waals surface area contributed by atoms with Gasteiger partial charge in [0.1, 0.15) is 11.6 Å². The van der Waals surface area contributed by atoms with Crippen LogP contribution < -0.4 is 10.2 Å². The number of nitrogens with zero attached hydrogens (tertiary/aromatic N) is 2. The molecule has 0 radical (unpaired) electrons. The number of nitrogens with one attached hydrogen (secondary N) is 1. The molecule has 1 aromatic heterocycles. The molecule has 0 atom stereocenters. The van der Waals surface area contributed by atoms with Gasteiger partial charge < -0.3 is 15.3 Å². The van der Waals surface area contributed by atoms with Crippen LogP contribution in [-0.4, -0.2) is 36.3 Å². The first-order valence-corrected chi connectivity index (χ1v) is 6.85. The summed E-state index contributed by atoms with van der Waals surface area (Å²) in [5.74, 6) is 1.34. The molecule has 18 heavy (non-hydrogen) atoms. The summed E-state index contributed by atoms with van der Waals surface area (Å²) in [6.07, 6.45) is 0.686. The number of hydrogen-bond donors (Lipinski definition) is 2. The van der Waals surface area contributed by atoms with Gasteiger partial charge in [-0.2, -0.15) is 0 Å². The number of rotatable bonds is 7. The van der Waals surface area contributed by atoms with Crippen molar-refractivity contribution in [3.63, 3.8) is 0 Å². The zero-order valence-electron chi connectivity index (χ0n) is 10.7. The van der Waals surface area contributed by atoms with Crippen molar-refractivity contribution < 1.29 is 5.11 Å². The highest BCUT2D eigenvalue weighted by Gasteiger charge is 2.14. The van der Waals surface area contributed by atoms with Crippen LogP contribution in [0.25, 0.3) is 0 Å². The van der Waals surface area contributed by atoms with Crippen LogP contribution in [-0.2, 0) is 0 Å². The van der Waals surface area contributed by atoms with E-state index < -0.39 is 0 Å². The quantitative estimate of drug-likeness (QED) is 0.811. The third-order valence-electron chi connectivity index (χ3n) is 2.52. The SMILES string of the molecule is CCNc1nc(N(CC)CCCO)c(Cl)cc1Cl. The topological polar surface area (TPSA) is 48.4 Å². The first-order valence-electron chi connectivity index (χ1n) is 6.09. The van der Waals surface area contributed by atoms with Crippen molar-refractivity contribution in [1.82, 2.24) is 4.98 Å². The van der Waals surface area contributed by atoms with Gasteiger partial charge in [-0.1, -0.05) is 23.2 Å². The Morgan fingerprint density at radius 3 is 2.61 bits per heavy atom. The van der Waals surface area contributed by atoms with Crippen molar-refractivity contribution >= 4 is 34.8 Å². The number of aliphatic hydroxyl groups excluding tert-OH is 1. The number of halogens is 2. The van der Waals surface area contributed by atoms with E-state index in [4.69, 9.17) is 28.3 Å². The standard InChI is InChI=1S/C12H19Cl2N3O/c1-3-15-11-9(13)8-10(14)12(16-11)17(4-2)6-5-7-18/h8,18H,3-7H2,1-2H3,(H,15,16). The molecular weight excluding hydrogens is 273 g/mol. The molecule has 102 valence electrons. The van der Waals surface area contributed by atoms with Crippen LogP contribution >= 0.6 is 23.2 Å². The number of aromatic nitrogens is 1. The van der Waals surface area contributed by atoms with Crippen LogP contribution in [0, 0.1) is 0 Å². The smallest absolute Gasteiger partial charge is 0.149 e. The first-order chi connectivity index (χ1) is 8.63. The lowest BCUT2D eigenvalue weighted by molar-refractivity contribution is 0.289. The summed E-state index contributed by atoms with van der Waals surface area (Å²) in [7, 11) is 0. The van der Waals surface area contributed by atoms with Gasteiger partial charge in [0, 0.05) is 26.2 Å². The molecule has 4 nitrogen and oxygen atoms in total. The fraction of sp³-hybridized carbons (Fsp3) is 0.583. The largest absolute Gasteiger partial charge is 0.396 e. The van der Waals surface area contributed by atoms with Crippen molar-refractivity contribution in [2.75, 3.05) is 36.5 Å². The molecule has 0 spiro atoms. The van der Waals surface area contributed by atoms with Crippen molar-refractivity contribution in [3.05, 3.63) is 16.1 Å². The fourth-order valence-corrected chi connectivity index (χ4v) is 2.19. The van der Waals surface area contributed by atoms with E-state index in [0.717, 1.165) is 13.1 Å². The monoisotopic (exact) mass is 291 g/mol. The highest BCUT2D eigenvalue weighted by atomic mass is 35.5. The summed E-state index contributed by atoms with van der Waals surface area (Å²) in [4.78, 5) is 6.48. The van der Waals surface area contributed by atoms with Gasteiger partial charge >= 0.3 is 0 Å². The second-order valence-corrected chi connectivity index (χ2v) is 4.63. The Hall–Kier alpha value is -0.710. The Morgan fingerprint density at radius 1 is 1.33 bits per heavy atom. The molecule has 0 aromatic carbocycles. The van der Waals surface area contributed by atoms with E-state index in [0.29, 0.717) is 34.6 Å². The lowest BCUT2D eigenvalue weighted by Crippen LogP contribution is -2.26. The van der Waals surface area contributed by atoms with Gasteiger partial charge in [0.2, 0.25) is 0 Å². The number of pyridine rings is 1. The Balaban J connectivity index is 3.01. The molecule has 0 aliphatic rings. The van der Waals surface area contributed by atoms with Gasteiger partial charge in [-0.25, -0.2) is 4.98 Å². The number of aliphatic hydroxyl groups is 1. The highest BCUT2D eigenvalue weighted by molar-refractivity contribution is 6.37. The molecule has 2 N–H and O–H groups in total. The zero-order chi connectivity index (χ0) is 13.5. The third kappa shape index (κ3) is 3.90. The minimum absolute atomic E-state index is 0.155. The Bertz CT molecular complexity index is 388. The van der Waals surface area contributed by atoms with Gasteiger partial charge in [0.25, 0.3) is 0 Å². The second-order valence-electron chi connectivity index (χ2n) is 3.81. The van der Waals surface area contributed by atoms with Crippen LogP contribution in [0.4, 0.5) is 11.6 Å². The molecule has 0 aliphatic heterocycles.